The number of primary sulfonamides is 1. The van der Waals surface area contributed by atoms with Gasteiger partial charge in [-0.25, -0.2) is 22.7 Å². The molecule has 0 radical (unpaired) electrons. The highest BCUT2D eigenvalue weighted by Crippen LogP contribution is 2.18. The minimum absolute atomic E-state index is 0.0824. The largest absolute Gasteiger partial charge is 0.468 e. The number of nitrogens with one attached hydrogen (secondary N) is 2. The number of amides is 1. The molecule has 0 spiro atoms. The minimum Gasteiger partial charge on any atom is -0.468 e. The quantitative estimate of drug-likeness (QED) is 0.590. The van der Waals surface area contributed by atoms with Crippen LogP contribution in [0.3, 0.4) is 0 Å². The first-order chi connectivity index (χ1) is 13.1. The highest BCUT2D eigenvalue weighted by atomic mass is 32.2. The highest BCUT2D eigenvalue weighted by molar-refractivity contribution is 7.89. The van der Waals surface area contributed by atoms with Crippen LogP contribution < -0.4 is 15.8 Å². The summed E-state index contributed by atoms with van der Waals surface area (Å²) in [5.41, 5.74) is 1.16. The second-order valence-electron chi connectivity index (χ2n) is 5.96. The van der Waals surface area contributed by atoms with Gasteiger partial charge in [0.05, 0.1) is 18.6 Å². The zero-order valence-corrected chi connectivity index (χ0v) is 16.0. The van der Waals surface area contributed by atoms with E-state index in [9.17, 15) is 22.4 Å². The van der Waals surface area contributed by atoms with Gasteiger partial charge >= 0.3 is 5.97 Å². The first-order valence-electron chi connectivity index (χ1n) is 8.12. The second-order valence-corrected chi connectivity index (χ2v) is 7.52. The first kappa shape index (κ1) is 21.5. The average molecular weight is 409 g/mol. The van der Waals surface area contributed by atoms with Crippen molar-refractivity contribution in [2.45, 2.75) is 17.9 Å². The second kappa shape index (κ2) is 8.91. The van der Waals surface area contributed by atoms with Gasteiger partial charge in [0.1, 0.15) is 11.9 Å². The van der Waals surface area contributed by atoms with Crippen LogP contribution in [0.2, 0.25) is 0 Å². The van der Waals surface area contributed by atoms with Crippen molar-refractivity contribution in [3.05, 3.63) is 59.4 Å². The third-order valence-corrected chi connectivity index (χ3v) is 4.81. The molecule has 0 aromatic heterocycles. The topological polar surface area (TPSA) is 128 Å². The van der Waals surface area contributed by atoms with Crippen molar-refractivity contribution in [1.82, 2.24) is 5.32 Å². The van der Waals surface area contributed by atoms with E-state index in [4.69, 9.17) is 9.88 Å². The van der Waals surface area contributed by atoms with Crippen LogP contribution in [0.1, 0.15) is 17.2 Å². The van der Waals surface area contributed by atoms with E-state index in [2.05, 4.69) is 10.6 Å². The zero-order valence-electron chi connectivity index (χ0n) is 15.2. The Morgan fingerprint density at radius 1 is 1.18 bits per heavy atom. The molecule has 1 amide bonds. The van der Waals surface area contributed by atoms with Gasteiger partial charge in [0.2, 0.25) is 15.9 Å². The van der Waals surface area contributed by atoms with Gasteiger partial charge in [0, 0.05) is 5.69 Å². The number of carbonyl (C=O) groups is 2. The molecule has 0 aliphatic rings. The Kier molecular flexibility index (Phi) is 6.84. The van der Waals surface area contributed by atoms with Gasteiger partial charge in [0.15, 0.2) is 0 Å². The van der Waals surface area contributed by atoms with Crippen molar-refractivity contribution >= 4 is 27.6 Å². The van der Waals surface area contributed by atoms with Crippen molar-refractivity contribution in [2.75, 3.05) is 19.0 Å². The summed E-state index contributed by atoms with van der Waals surface area (Å²) in [5, 5.41) is 10.3. The Morgan fingerprint density at radius 3 is 2.36 bits per heavy atom. The average Bonchev–Trinajstić information content (AvgIpc) is 2.64. The molecule has 0 saturated heterocycles. The number of aryl methyl sites for hydroxylation is 1. The van der Waals surface area contributed by atoms with Crippen molar-refractivity contribution in [3.8, 4) is 0 Å². The fourth-order valence-corrected chi connectivity index (χ4v) is 2.95. The SMILES string of the molecule is COC(=O)C(NCC(=O)Nc1ccc(S(N)(=O)=O)cc1)c1ccc(F)c(C)c1. The molecule has 0 saturated carbocycles. The molecule has 8 nitrogen and oxygen atoms in total. The summed E-state index contributed by atoms with van der Waals surface area (Å²) < 4.78 is 40.7. The predicted molar refractivity (Wildman–Crippen MR) is 100 cm³/mol. The molecule has 2 aromatic carbocycles. The molecule has 2 rings (SSSR count). The fourth-order valence-electron chi connectivity index (χ4n) is 2.43. The molecule has 4 N–H and O–H groups in total. The summed E-state index contributed by atoms with van der Waals surface area (Å²) in [4.78, 5) is 24.1. The van der Waals surface area contributed by atoms with E-state index in [0.717, 1.165) is 0 Å². The normalized spacial score (nSPS) is 12.3. The number of hydrogen-bond acceptors (Lipinski definition) is 6. The molecule has 0 bridgehead atoms. The highest BCUT2D eigenvalue weighted by Gasteiger charge is 2.22. The summed E-state index contributed by atoms with van der Waals surface area (Å²) in [7, 11) is -2.61. The zero-order chi connectivity index (χ0) is 20.9. The number of sulfonamides is 1. The maximum atomic E-state index is 13.5. The molecule has 0 aliphatic carbocycles. The van der Waals surface area contributed by atoms with E-state index in [1.807, 2.05) is 0 Å². The van der Waals surface area contributed by atoms with Gasteiger partial charge in [-0.2, -0.15) is 0 Å². The summed E-state index contributed by atoms with van der Waals surface area (Å²) in [6.07, 6.45) is 0. The van der Waals surface area contributed by atoms with Crippen LogP contribution in [0.25, 0.3) is 0 Å². The van der Waals surface area contributed by atoms with Gasteiger partial charge in [0.25, 0.3) is 0 Å². The lowest BCUT2D eigenvalue weighted by molar-refractivity contribution is -0.143. The number of anilines is 1. The monoisotopic (exact) mass is 409 g/mol. The Labute approximate surface area is 161 Å². The molecule has 1 unspecified atom stereocenters. The van der Waals surface area contributed by atoms with E-state index in [-0.39, 0.29) is 11.4 Å². The number of ether oxygens (including phenoxy) is 1. The molecular weight excluding hydrogens is 389 g/mol. The van der Waals surface area contributed by atoms with Crippen LogP contribution >= 0.6 is 0 Å². The molecule has 150 valence electrons. The number of rotatable bonds is 7. The van der Waals surface area contributed by atoms with Crippen LogP contribution in [0.5, 0.6) is 0 Å². The van der Waals surface area contributed by atoms with Gasteiger partial charge in [-0.05, 0) is 48.4 Å². The Hall–Kier alpha value is -2.82. The van der Waals surface area contributed by atoms with Crippen LogP contribution in [0.15, 0.2) is 47.4 Å². The number of hydrogen-bond donors (Lipinski definition) is 3. The summed E-state index contributed by atoms with van der Waals surface area (Å²) in [6, 6.07) is 8.50. The summed E-state index contributed by atoms with van der Waals surface area (Å²) in [5.74, 6) is -1.51. The maximum Gasteiger partial charge on any atom is 0.327 e. The first-order valence-corrected chi connectivity index (χ1v) is 9.66. The van der Waals surface area contributed by atoms with E-state index < -0.39 is 33.8 Å². The van der Waals surface area contributed by atoms with E-state index >= 15 is 0 Å². The van der Waals surface area contributed by atoms with Gasteiger partial charge in [-0.1, -0.05) is 12.1 Å². The van der Waals surface area contributed by atoms with Crippen LogP contribution in [0, 0.1) is 12.7 Å². The maximum absolute atomic E-state index is 13.5. The molecule has 1 atom stereocenters. The molecule has 0 aliphatic heterocycles. The number of carbonyl (C=O) groups excluding carboxylic acids is 2. The molecule has 0 fully saturated rings. The van der Waals surface area contributed by atoms with Crippen molar-refractivity contribution in [2.24, 2.45) is 5.14 Å². The predicted octanol–water partition coefficient (Wildman–Crippen LogP) is 1.22. The Bertz CT molecular complexity index is 977. The van der Waals surface area contributed by atoms with E-state index in [1.54, 1.807) is 6.92 Å². The molecule has 28 heavy (non-hydrogen) atoms. The Morgan fingerprint density at radius 2 is 1.82 bits per heavy atom. The van der Waals surface area contributed by atoms with Crippen LogP contribution in [0.4, 0.5) is 10.1 Å². The number of nitrogens with two attached hydrogens (primary N) is 1. The third kappa shape index (κ3) is 5.59. The van der Waals surface area contributed by atoms with E-state index in [0.29, 0.717) is 16.8 Å². The number of methoxy groups -OCH3 is 1. The number of benzene rings is 2. The van der Waals surface area contributed by atoms with Gasteiger partial charge in [-0.3, -0.25) is 10.1 Å². The molecule has 10 heteroatoms. The molecule has 2 aromatic rings. The minimum atomic E-state index is -3.82. The smallest absolute Gasteiger partial charge is 0.327 e. The van der Waals surface area contributed by atoms with Crippen LogP contribution in [-0.4, -0.2) is 33.9 Å². The fraction of sp³-hybridized carbons (Fsp3) is 0.222. The van der Waals surface area contributed by atoms with Crippen molar-refractivity contribution in [1.29, 1.82) is 0 Å². The lowest BCUT2D eigenvalue weighted by atomic mass is 10.0. The number of esters is 1. The Balaban J connectivity index is 2.05. The standard InChI is InChI=1S/C18H20FN3O5S/c1-11-9-12(3-8-15(11)19)17(18(24)27-2)21-10-16(23)22-13-4-6-14(7-5-13)28(20,25)26/h3-9,17,21H,10H2,1-2H3,(H,22,23)(H2,20,25,26). The van der Waals surface area contributed by atoms with Gasteiger partial charge in [-0.15, -0.1) is 0 Å². The van der Waals surface area contributed by atoms with Crippen LogP contribution in [-0.2, 0) is 24.3 Å². The van der Waals surface area contributed by atoms with Gasteiger partial charge < -0.3 is 10.1 Å². The van der Waals surface area contributed by atoms with Crippen molar-refractivity contribution in [3.63, 3.8) is 0 Å². The summed E-state index contributed by atoms with van der Waals surface area (Å²) in [6.45, 7) is 1.32. The molecular formula is C18H20FN3O5S. The lowest BCUT2D eigenvalue weighted by Crippen LogP contribution is -2.35. The lowest BCUT2D eigenvalue weighted by Gasteiger charge is -2.17. The molecule has 0 heterocycles. The summed E-state index contributed by atoms with van der Waals surface area (Å²) >= 11 is 0. The van der Waals surface area contributed by atoms with E-state index in [1.165, 1.54) is 49.6 Å². The number of halogens is 1. The third-order valence-electron chi connectivity index (χ3n) is 3.89. The van der Waals surface area contributed by atoms with Crippen molar-refractivity contribution < 1.29 is 27.1 Å².